The van der Waals surface area contributed by atoms with Gasteiger partial charge in [0.2, 0.25) is 0 Å². The predicted octanol–water partition coefficient (Wildman–Crippen LogP) is 4.16. The highest BCUT2D eigenvalue weighted by atomic mass is 14.8. The SMILES string of the molecule is Cc1ccc(-c2nccc3c(C)c(C)[nH]c23)cc1. The number of nitrogens with zero attached hydrogens (tertiary/aromatic N) is 1. The summed E-state index contributed by atoms with van der Waals surface area (Å²) in [6.45, 7) is 6.35. The van der Waals surface area contributed by atoms with Crippen molar-refractivity contribution in [2.24, 2.45) is 0 Å². The van der Waals surface area contributed by atoms with Crippen molar-refractivity contribution >= 4 is 10.9 Å². The van der Waals surface area contributed by atoms with Gasteiger partial charge in [0, 0.05) is 22.8 Å². The molecule has 1 N–H and O–H groups in total. The highest BCUT2D eigenvalue weighted by molar-refractivity contribution is 5.94. The van der Waals surface area contributed by atoms with E-state index in [1.807, 2.05) is 6.20 Å². The average Bonchev–Trinajstić information content (AvgIpc) is 2.67. The summed E-state index contributed by atoms with van der Waals surface area (Å²) in [5, 5.41) is 1.26. The molecule has 0 aliphatic carbocycles. The lowest BCUT2D eigenvalue weighted by atomic mass is 10.1. The third-order valence-electron chi connectivity index (χ3n) is 3.55. The van der Waals surface area contributed by atoms with Crippen molar-refractivity contribution in [2.45, 2.75) is 20.8 Å². The number of nitrogens with one attached hydrogen (secondary N) is 1. The summed E-state index contributed by atoms with van der Waals surface area (Å²) in [4.78, 5) is 7.98. The molecule has 2 heteroatoms. The molecule has 3 rings (SSSR count). The summed E-state index contributed by atoms with van der Waals surface area (Å²) >= 11 is 0. The number of aryl methyl sites for hydroxylation is 3. The monoisotopic (exact) mass is 236 g/mol. The lowest BCUT2D eigenvalue weighted by molar-refractivity contribution is 1.25. The molecule has 0 bridgehead atoms. The van der Waals surface area contributed by atoms with Crippen LogP contribution in [0.15, 0.2) is 36.5 Å². The highest BCUT2D eigenvalue weighted by Crippen LogP contribution is 2.29. The molecule has 3 aromatic rings. The molecule has 2 nitrogen and oxygen atoms in total. The van der Waals surface area contributed by atoms with E-state index in [1.54, 1.807) is 0 Å². The van der Waals surface area contributed by atoms with Gasteiger partial charge in [-0.05, 0) is 32.4 Å². The fourth-order valence-electron chi connectivity index (χ4n) is 2.31. The van der Waals surface area contributed by atoms with E-state index >= 15 is 0 Å². The van der Waals surface area contributed by atoms with Crippen LogP contribution in [0.5, 0.6) is 0 Å². The van der Waals surface area contributed by atoms with E-state index in [4.69, 9.17) is 0 Å². The van der Waals surface area contributed by atoms with Gasteiger partial charge in [-0.2, -0.15) is 0 Å². The standard InChI is InChI=1S/C16H16N2/c1-10-4-6-13(7-5-10)15-16-14(8-9-17-15)11(2)12(3)18-16/h4-9,18H,1-3H3. The van der Waals surface area contributed by atoms with Crippen LogP contribution in [-0.4, -0.2) is 9.97 Å². The van der Waals surface area contributed by atoms with Crippen LogP contribution in [0.25, 0.3) is 22.2 Å². The first-order valence-corrected chi connectivity index (χ1v) is 6.18. The second kappa shape index (κ2) is 3.98. The molecule has 0 amide bonds. The first-order valence-electron chi connectivity index (χ1n) is 6.18. The van der Waals surface area contributed by atoms with Gasteiger partial charge in [0.1, 0.15) is 0 Å². The highest BCUT2D eigenvalue weighted by Gasteiger charge is 2.10. The van der Waals surface area contributed by atoms with Gasteiger partial charge in [-0.3, -0.25) is 4.98 Å². The molecule has 0 saturated carbocycles. The maximum Gasteiger partial charge on any atom is 0.0942 e. The summed E-state index contributed by atoms with van der Waals surface area (Å²) < 4.78 is 0. The van der Waals surface area contributed by atoms with Gasteiger partial charge in [0.15, 0.2) is 0 Å². The first kappa shape index (κ1) is 11.0. The Hall–Kier alpha value is -2.09. The molecule has 0 saturated heterocycles. The van der Waals surface area contributed by atoms with Gasteiger partial charge in [0.05, 0.1) is 11.2 Å². The topological polar surface area (TPSA) is 28.7 Å². The van der Waals surface area contributed by atoms with E-state index in [0.717, 1.165) is 16.8 Å². The van der Waals surface area contributed by atoms with Gasteiger partial charge >= 0.3 is 0 Å². The largest absolute Gasteiger partial charge is 0.357 e. The first-order chi connectivity index (χ1) is 8.66. The van der Waals surface area contributed by atoms with Gasteiger partial charge in [-0.25, -0.2) is 0 Å². The van der Waals surface area contributed by atoms with Gasteiger partial charge in [0.25, 0.3) is 0 Å². The van der Waals surface area contributed by atoms with E-state index in [0.29, 0.717) is 0 Å². The Labute approximate surface area is 107 Å². The Morgan fingerprint density at radius 2 is 1.67 bits per heavy atom. The van der Waals surface area contributed by atoms with Crippen LogP contribution in [0.4, 0.5) is 0 Å². The van der Waals surface area contributed by atoms with Crippen LogP contribution in [0.3, 0.4) is 0 Å². The Kier molecular flexibility index (Phi) is 2.44. The Morgan fingerprint density at radius 3 is 2.39 bits per heavy atom. The van der Waals surface area contributed by atoms with Crippen molar-refractivity contribution in [3.8, 4) is 11.3 Å². The number of aromatic nitrogens is 2. The second-order valence-corrected chi connectivity index (χ2v) is 4.82. The molecular weight excluding hydrogens is 220 g/mol. The number of pyridine rings is 1. The number of hydrogen-bond acceptors (Lipinski definition) is 1. The third kappa shape index (κ3) is 1.61. The molecule has 18 heavy (non-hydrogen) atoms. The number of benzene rings is 1. The molecule has 0 atom stereocenters. The van der Waals surface area contributed by atoms with Crippen LogP contribution in [0, 0.1) is 20.8 Å². The average molecular weight is 236 g/mol. The van der Waals surface area contributed by atoms with Crippen LogP contribution >= 0.6 is 0 Å². The molecule has 0 fully saturated rings. The molecule has 2 aromatic heterocycles. The Balaban J connectivity index is 2.29. The second-order valence-electron chi connectivity index (χ2n) is 4.82. The fourth-order valence-corrected chi connectivity index (χ4v) is 2.31. The minimum absolute atomic E-state index is 1.03. The molecular formula is C16H16N2. The van der Waals surface area contributed by atoms with E-state index in [1.165, 1.54) is 22.2 Å². The molecule has 0 spiro atoms. The number of fused-ring (bicyclic) bond motifs is 1. The summed E-state index contributed by atoms with van der Waals surface area (Å²) in [7, 11) is 0. The molecule has 0 aliphatic rings. The van der Waals surface area contributed by atoms with E-state index in [9.17, 15) is 0 Å². The van der Waals surface area contributed by atoms with Crippen molar-refractivity contribution in [1.82, 2.24) is 9.97 Å². The van der Waals surface area contributed by atoms with E-state index in [-0.39, 0.29) is 0 Å². The van der Waals surface area contributed by atoms with Gasteiger partial charge in [-0.1, -0.05) is 29.8 Å². The van der Waals surface area contributed by atoms with Crippen LogP contribution < -0.4 is 0 Å². The minimum atomic E-state index is 1.03. The molecule has 0 aliphatic heterocycles. The lowest BCUT2D eigenvalue weighted by Crippen LogP contribution is -1.85. The van der Waals surface area contributed by atoms with Crippen molar-refractivity contribution in [2.75, 3.05) is 0 Å². The van der Waals surface area contributed by atoms with Crippen molar-refractivity contribution in [1.29, 1.82) is 0 Å². The van der Waals surface area contributed by atoms with Gasteiger partial charge < -0.3 is 4.98 Å². The summed E-state index contributed by atoms with van der Waals surface area (Å²) in [5.41, 5.74) is 7.12. The fraction of sp³-hybridized carbons (Fsp3) is 0.188. The van der Waals surface area contributed by atoms with Crippen molar-refractivity contribution in [3.05, 3.63) is 53.3 Å². The maximum atomic E-state index is 4.53. The minimum Gasteiger partial charge on any atom is -0.357 e. The van der Waals surface area contributed by atoms with E-state index < -0.39 is 0 Å². The maximum absolute atomic E-state index is 4.53. The zero-order chi connectivity index (χ0) is 12.7. The van der Waals surface area contributed by atoms with Crippen molar-refractivity contribution < 1.29 is 0 Å². The van der Waals surface area contributed by atoms with Crippen LogP contribution in [0.2, 0.25) is 0 Å². The normalized spacial score (nSPS) is 11.1. The van der Waals surface area contributed by atoms with Crippen LogP contribution in [0.1, 0.15) is 16.8 Å². The molecule has 1 aromatic carbocycles. The lowest BCUT2D eigenvalue weighted by Gasteiger charge is -2.03. The Bertz CT molecular complexity index is 706. The summed E-state index contributed by atoms with van der Waals surface area (Å²) in [6.07, 6.45) is 1.89. The number of rotatable bonds is 1. The zero-order valence-electron chi connectivity index (χ0n) is 10.9. The summed E-state index contributed by atoms with van der Waals surface area (Å²) in [6, 6.07) is 10.6. The summed E-state index contributed by atoms with van der Waals surface area (Å²) in [5.74, 6) is 0. The number of aromatic amines is 1. The number of hydrogen-bond donors (Lipinski definition) is 1. The quantitative estimate of drug-likeness (QED) is 0.675. The zero-order valence-corrected chi connectivity index (χ0v) is 10.9. The molecule has 90 valence electrons. The van der Waals surface area contributed by atoms with Crippen molar-refractivity contribution in [3.63, 3.8) is 0 Å². The van der Waals surface area contributed by atoms with Crippen LogP contribution in [-0.2, 0) is 0 Å². The third-order valence-corrected chi connectivity index (χ3v) is 3.55. The molecule has 2 heterocycles. The van der Waals surface area contributed by atoms with E-state index in [2.05, 4.69) is 61.1 Å². The Morgan fingerprint density at radius 1 is 0.944 bits per heavy atom. The number of H-pyrrole nitrogens is 1. The predicted molar refractivity (Wildman–Crippen MR) is 75.7 cm³/mol. The smallest absolute Gasteiger partial charge is 0.0942 e. The molecule has 0 unspecified atom stereocenters. The van der Waals surface area contributed by atoms with Gasteiger partial charge in [-0.15, -0.1) is 0 Å². The molecule has 0 radical (unpaired) electrons.